The van der Waals surface area contributed by atoms with Crippen LogP contribution in [0.15, 0.2) is 18.2 Å². The molecule has 4 heteroatoms. The van der Waals surface area contributed by atoms with Gasteiger partial charge in [-0.2, -0.15) is 0 Å². The van der Waals surface area contributed by atoms with Gasteiger partial charge in [0.05, 0.1) is 0 Å². The molecule has 0 spiro atoms. The Morgan fingerprint density at radius 1 is 1.39 bits per heavy atom. The number of likely N-dealkylation sites (tertiary alicyclic amines) is 1. The molecule has 100 valence electrons. The van der Waals surface area contributed by atoms with Gasteiger partial charge in [0.2, 0.25) is 0 Å². The highest BCUT2D eigenvalue weighted by molar-refractivity contribution is 5.18. The maximum Gasteiger partial charge on any atom is 0.130 e. The minimum Gasteiger partial charge on any atom is -0.317 e. The first-order valence-electron chi connectivity index (χ1n) is 6.56. The first kappa shape index (κ1) is 13.4. The lowest BCUT2D eigenvalue weighted by Crippen LogP contribution is -2.26. The van der Waals surface area contributed by atoms with Crippen LogP contribution in [0.5, 0.6) is 0 Å². The summed E-state index contributed by atoms with van der Waals surface area (Å²) in [7, 11) is 0. The van der Waals surface area contributed by atoms with Crippen LogP contribution in [-0.4, -0.2) is 31.1 Å². The van der Waals surface area contributed by atoms with Crippen molar-refractivity contribution in [1.29, 1.82) is 0 Å². The molecule has 1 fully saturated rings. The van der Waals surface area contributed by atoms with Crippen LogP contribution in [0, 0.1) is 17.6 Å². The van der Waals surface area contributed by atoms with Crippen LogP contribution in [0.2, 0.25) is 0 Å². The molecule has 0 saturated carbocycles. The maximum absolute atomic E-state index is 13.5. The second-order valence-electron chi connectivity index (χ2n) is 4.93. The van der Waals surface area contributed by atoms with Gasteiger partial charge < -0.3 is 5.32 Å². The summed E-state index contributed by atoms with van der Waals surface area (Å²) in [6, 6.07) is 3.83. The third kappa shape index (κ3) is 3.50. The maximum atomic E-state index is 13.5. The van der Waals surface area contributed by atoms with Crippen LogP contribution in [0.1, 0.15) is 18.9 Å². The van der Waals surface area contributed by atoms with Gasteiger partial charge in [-0.3, -0.25) is 4.90 Å². The summed E-state index contributed by atoms with van der Waals surface area (Å²) in [5.41, 5.74) is 0.584. The van der Waals surface area contributed by atoms with Crippen molar-refractivity contribution in [3.8, 4) is 0 Å². The molecule has 0 bridgehead atoms. The Bertz CT molecular complexity index is 395. The zero-order valence-corrected chi connectivity index (χ0v) is 10.8. The molecule has 1 N–H and O–H groups in total. The van der Waals surface area contributed by atoms with Gasteiger partial charge in [-0.25, -0.2) is 8.78 Å². The molecule has 0 amide bonds. The average molecular weight is 254 g/mol. The zero-order chi connectivity index (χ0) is 13.0. The molecule has 0 radical (unpaired) electrons. The van der Waals surface area contributed by atoms with E-state index in [0.29, 0.717) is 18.0 Å². The average Bonchev–Trinajstić information content (AvgIpc) is 2.78. The number of rotatable bonds is 5. The highest BCUT2D eigenvalue weighted by atomic mass is 19.1. The Kier molecular flexibility index (Phi) is 4.66. The van der Waals surface area contributed by atoms with Crippen molar-refractivity contribution in [2.75, 3.05) is 26.2 Å². The molecule has 1 saturated heterocycles. The summed E-state index contributed by atoms with van der Waals surface area (Å²) < 4.78 is 26.3. The van der Waals surface area contributed by atoms with E-state index in [9.17, 15) is 8.78 Å². The second-order valence-corrected chi connectivity index (χ2v) is 4.93. The van der Waals surface area contributed by atoms with Gasteiger partial charge in [0.15, 0.2) is 0 Å². The monoisotopic (exact) mass is 254 g/mol. The van der Waals surface area contributed by atoms with Gasteiger partial charge >= 0.3 is 0 Å². The molecule has 1 aliphatic rings. The van der Waals surface area contributed by atoms with E-state index < -0.39 is 11.6 Å². The molecule has 1 atom stereocenters. The summed E-state index contributed by atoms with van der Waals surface area (Å²) in [6.07, 6.45) is 1.15. The van der Waals surface area contributed by atoms with E-state index in [-0.39, 0.29) is 0 Å². The highest BCUT2D eigenvalue weighted by Crippen LogP contribution is 2.19. The first-order valence-corrected chi connectivity index (χ1v) is 6.56. The van der Waals surface area contributed by atoms with Gasteiger partial charge in [0.25, 0.3) is 0 Å². The van der Waals surface area contributed by atoms with Crippen LogP contribution >= 0.6 is 0 Å². The Morgan fingerprint density at radius 2 is 2.22 bits per heavy atom. The Morgan fingerprint density at radius 3 is 2.94 bits per heavy atom. The zero-order valence-electron chi connectivity index (χ0n) is 10.8. The smallest absolute Gasteiger partial charge is 0.130 e. The lowest BCUT2D eigenvalue weighted by Gasteiger charge is -2.16. The molecule has 2 nitrogen and oxygen atoms in total. The van der Waals surface area contributed by atoms with E-state index >= 15 is 0 Å². The largest absolute Gasteiger partial charge is 0.317 e. The van der Waals surface area contributed by atoms with E-state index in [1.54, 1.807) is 6.07 Å². The standard InChI is InChI=1S/C14H20F2N2/c1-2-17-8-11-5-6-18(9-11)10-12-3-4-13(15)7-14(12)16/h3-4,7,11,17H,2,5-6,8-10H2,1H3. The molecule has 18 heavy (non-hydrogen) atoms. The van der Waals surface area contributed by atoms with E-state index in [1.165, 1.54) is 6.07 Å². The van der Waals surface area contributed by atoms with Gasteiger partial charge in [0, 0.05) is 24.7 Å². The molecule has 1 aromatic carbocycles. The van der Waals surface area contributed by atoms with Crippen molar-refractivity contribution >= 4 is 0 Å². The molecule has 1 aromatic rings. The molecule has 2 rings (SSSR count). The van der Waals surface area contributed by atoms with Crippen molar-refractivity contribution in [3.63, 3.8) is 0 Å². The molecule has 0 aliphatic carbocycles. The predicted molar refractivity (Wildman–Crippen MR) is 68.3 cm³/mol. The van der Waals surface area contributed by atoms with Crippen LogP contribution in [0.4, 0.5) is 8.78 Å². The van der Waals surface area contributed by atoms with Crippen molar-refractivity contribution in [2.24, 2.45) is 5.92 Å². The fraction of sp³-hybridized carbons (Fsp3) is 0.571. The topological polar surface area (TPSA) is 15.3 Å². The Hall–Kier alpha value is -1.00. The third-order valence-corrected chi connectivity index (χ3v) is 3.46. The van der Waals surface area contributed by atoms with Crippen molar-refractivity contribution in [3.05, 3.63) is 35.4 Å². The van der Waals surface area contributed by atoms with E-state index in [0.717, 1.165) is 38.7 Å². The number of halogens is 2. The first-order chi connectivity index (χ1) is 8.69. The fourth-order valence-corrected chi connectivity index (χ4v) is 2.46. The number of hydrogen-bond acceptors (Lipinski definition) is 2. The number of hydrogen-bond donors (Lipinski definition) is 1. The quantitative estimate of drug-likeness (QED) is 0.868. The van der Waals surface area contributed by atoms with E-state index in [1.807, 2.05) is 0 Å². The minimum atomic E-state index is -0.511. The number of benzene rings is 1. The van der Waals surface area contributed by atoms with E-state index in [2.05, 4.69) is 17.1 Å². The molecule has 1 aliphatic heterocycles. The fourth-order valence-electron chi connectivity index (χ4n) is 2.46. The normalized spacial score (nSPS) is 20.5. The van der Waals surface area contributed by atoms with Gasteiger partial charge in [0.1, 0.15) is 11.6 Å². The lowest BCUT2D eigenvalue weighted by atomic mass is 10.1. The third-order valence-electron chi connectivity index (χ3n) is 3.46. The Labute approximate surface area is 107 Å². The summed E-state index contributed by atoms with van der Waals surface area (Å²) >= 11 is 0. The number of nitrogens with one attached hydrogen (secondary N) is 1. The van der Waals surface area contributed by atoms with Crippen LogP contribution in [0.3, 0.4) is 0 Å². The van der Waals surface area contributed by atoms with Gasteiger partial charge in [-0.15, -0.1) is 0 Å². The Balaban J connectivity index is 1.87. The van der Waals surface area contributed by atoms with Crippen molar-refractivity contribution < 1.29 is 8.78 Å². The molecular formula is C14H20F2N2. The molecular weight excluding hydrogens is 234 g/mol. The number of nitrogens with zero attached hydrogens (tertiary/aromatic N) is 1. The van der Waals surface area contributed by atoms with E-state index in [4.69, 9.17) is 0 Å². The molecule has 0 aromatic heterocycles. The predicted octanol–water partition coefficient (Wildman–Crippen LogP) is 2.40. The van der Waals surface area contributed by atoms with Crippen molar-refractivity contribution in [2.45, 2.75) is 19.9 Å². The van der Waals surface area contributed by atoms with Gasteiger partial charge in [-0.05, 0) is 38.0 Å². The molecule has 1 heterocycles. The van der Waals surface area contributed by atoms with Crippen LogP contribution in [0.25, 0.3) is 0 Å². The minimum absolute atomic E-state index is 0.440. The summed E-state index contributed by atoms with van der Waals surface area (Å²) in [4.78, 5) is 2.23. The van der Waals surface area contributed by atoms with Crippen molar-refractivity contribution in [1.82, 2.24) is 10.2 Å². The second kappa shape index (κ2) is 6.25. The van der Waals surface area contributed by atoms with Gasteiger partial charge in [-0.1, -0.05) is 13.0 Å². The van der Waals surface area contributed by atoms with Crippen LogP contribution < -0.4 is 5.32 Å². The highest BCUT2D eigenvalue weighted by Gasteiger charge is 2.22. The SMILES string of the molecule is CCNCC1CCN(Cc2ccc(F)cc2F)C1. The molecule has 1 unspecified atom stereocenters. The summed E-state index contributed by atoms with van der Waals surface area (Å²) in [6.45, 7) is 6.67. The van der Waals surface area contributed by atoms with Crippen LogP contribution in [-0.2, 0) is 6.54 Å². The summed E-state index contributed by atoms with van der Waals surface area (Å²) in [5.74, 6) is -0.304. The summed E-state index contributed by atoms with van der Waals surface area (Å²) in [5, 5.41) is 3.34. The lowest BCUT2D eigenvalue weighted by molar-refractivity contribution is 0.309.